The number of ether oxygens (including phenoxy) is 2. The van der Waals surface area contributed by atoms with E-state index in [-0.39, 0.29) is 18.1 Å². The number of epoxide rings is 1. The Morgan fingerprint density at radius 2 is 1.46 bits per heavy atom. The minimum atomic E-state index is -0.139. The molecule has 2 aliphatic heterocycles. The van der Waals surface area contributed by atoms with E-state index in [1.807, 2.05) is 6.26 Å². The van der Waals surface area contributed by atoms with Gasteiger partial charge in [-0.15, -0.1) is 0 Å². The van der Waals surface area contributed by atoms with Crippen molar-refractivity contribution in [1.29, 1.82) is 0 Å². The molecule has 0 bridgehead atoms. The standard InChI is InChI=1S/C6H14OS.C5H10O.C4H10OS.C3H6O.2CH4S/c1-6(2,4-7)5-8-3;1-5(2)3-6-4-5;1-4(5)3-6-2;1-3-2-4-3;2*1-2/h7H,4-5H2,1-3H3;3-4H2,1-2H3;4-5H,3H2,1-2H3;3H,2H2,1H3;2*2H,1H3. The van der Waals surface area contributed by atoms with Crippen LogP contribution in [0.2, 0.25) is 0 Å². The molecule has 0 spiro atoms. The lowest BCUT2D eigenvalue weighted by Gasteiger charge is -2.33. The fourth-order valence-corrected chi connectivity index (χ4v) is 2.64. The second-order valence-electron chi connectivity index (χ2n) is 7.86. The summed E-state index contributed by atoms with van der Waals surface area (Å²) in [6, 6.07) is 0. The van der Waals surface area contributed by atoms with Crippen LogP contribution in [-0.4, -0.2) is 85.4 Å². The number of thiol groups is 2. The molecule has 2 atom stereocenters. The first-order chi connectivity index (χ1) is 13.0. The molecule has 0 aromatic carbocycles. The van der Waals surface area contributed by atoms with Crippen LogP contribution in [0, 0.1) is 10.8 Å². The molecule has 2 saturated heterocycles. The van der Waals surface area contributed by atoms with E-state index in [9.17, 15) is 0 Å². The molecule has 8 heteroatoms. The highest BCUT2D eigenvalue weighted by molar-refractivity contribution is 7.98. The average molecular weight is 481 g/mol. The zero-order valence-corrected chi connectivity index (χ0v) is 23.2. The summed E-state index contributed by atoms with van der Waals surface area (Å²) < 4.78 is 9.65. The van der Waals surface area contributed by atoms with E-state index in [4.69, 9.17) is 19.7 Å². The molecule has 0 aromatic heterocycles. The molecular formula is C20H48O4S4. The zero-order chi connectivity index (χ0) is 23.2. The van der Waals surface area contributed by atoms with Crippen molar-refractivity contribution in [1.82, 2.24) is 0 Å². The van der Waals surface area contributed by atoms with Crippen molar-refractivity contribution in [3.8, 4) is 0 Å². The third-order valence-corrected chi connectivity index (χ3v) is 4.74. The lowest BCUT2D eigenvalue weighted by molar-refractivity contribution is -0.0892. The van der Waals surface area contributed by atoms with E-state index in [2.05, 4.69) is 66.1 Å². The van der Waals surface area contributed by atoms with E-state index >= 15 is 0 Å². The molecule has 0 aromatic rings. The highest BCUT2D eigenvalue weighted by Crippen LogP contribution is 2.24. The van der Waals surface area contributed by atoms with Gasteiger partial charge < -0.3 is 19.7 Å². The number of thioether (sulfide) groups is 2. The largest absolute Gasteiger partial charge is 0.396 e. The third kappa shape index (κ3) is 37.9. The summed E-state index contributed by atoms with van der Waals surface area (Å²) in [4.78, 5) is 0. The first-order valence-corrected chi connectivity index (χ1v) is 13.9. The Morgan fingerprint density at radius 1 is 1.11 bits per heavy atom. The lowest BCUT2D eigenvalue weighted by Crippen LogP contribution is -2.36. The molecule has 2 unspecified atom stereocenters. The molecule has 2 aliphatic rings. The van der Waals surface area contributed by atoms with Crippen LogP contribution in [0.25, 0.3) is 0 Å². The van der Waals surface area contributed by atoms with E-state index in [0.29, 0.717) is 11.5 Å². The van der Waals surface area contributed by atoms with E-state index in [0.717, 1.165) is 31.3 Å². The van der Waals surface area contributed by atoms with Crippen LogP contribution < -0.4 is 0 Å². The molecule has 176 valence electrons. The van der Waals surface area contributed by atoms with Crippen LogP contribution in [0.4, 0.5) is 0 Å². The molecule has 2 heterocycles. The number of aliphatic hydroxyl groups is 2. The second kappa shape index (κ2) is 24.5. The predicted molar refractivity (Wildman–Crippen MR) is 139 cm³/mol. The maximum Gasteiger partial charge on any atom is 0.0781 e. The summed E-state index contributed by atoms with van der Waals surface area (Å²) >= 11 is 10.5. The summed E-state index contributed by atoms with van der Waals surface area (Å²) in [6.07, 6.45) is 7.87. The number of hydrogen-bond donors (Lipinski definition) is 4. The van der Waals surface area contributed by atoms with Crippen LogP contribution >= 0.6 is 48.8 Å². The normalized spacial score (nSPS) is 18.9. The van der Waals surface area contributed by atoms with Crippen molar-refractivity contribution in [3.63, 3.8) is 0 Å². The molecular weight excluding hydrogens is 432 g/mol. The van der Waals surface area contributed by atoms with Crippen LogP contribution in [0.5, 0.6) is 0 Å². The van der Waals surface area contributed by atoms with Gasteiger partial charge in [-0.3, -0.25) is 0 Å². The molecule has 0 aliphatic carbocycles. The Hall–Kier alpha value is 1.24. The van der Waals surface area contributed by atoms with Crippen molar-refractivity contribution in [2.45, 2.75) is 53.8 Å². The third-order valence-electron chi connectivity index (χ3n) is 2.86. The minimum Gasteiger partial charge on any atom is -0.396 e. The van der Waals surface area contributed by atoms with Gasteiger partial charge >= 0.3 is 0 Å². The molecule has 2 rings (SSSR count). The first-order valence-electron chi connectivity index (χ1n) is 9.35. The van der Waals surface area contributed by atoms with Crippen LogP contribution in [0.1, 0.15) is 41.5 Å². The van der Waals surface area contributed by atoms with Gasteiger partial charge in [0.25, 0.3) is 0 Å². The van der Waals surface area contributed by atoms with Crippen LogP contribution in [0.15, 0.2) is 0 Å². The van der Waals surface area contributed by atoms with Gasteiger partial charge in [0.2, 0.25) is 0 Å². The molecule has 2 fully saturated rings. The molecule has 0 radical (unpaired) electrons. The fraction of sp³-hybridized carbons (Fsp3) is 1.00. The van der Waals surface area contributed by atoms with Crippen LogP contribution in [0.3, 0.4) is 0 Å². The minimum absolute atomic E-state index is 0.111. The molecule has 2 N–H and O–H groups in total. The number of hydrogen-bond acceptors (Lipinski definition) is 8. The Morgan fingerprint density at radius 3 is 1.50 bits per heavy atom. The molecule has 28 heavy (non-hydrogen) atoms. The quantitative estimate of drug-likeness (QED) is 0.340. The van der Waals surface area contributed by atoms with Gasteiger partial charge in [0.1, 0.15) is 0 Å². The SMILES string of the molecule is CC1(C)COC1.CC1CO1.CS.CS.CSCC(C)(C)CO.CSCC(C)O. The fourth-order valence-electron chi connectivity index (χ4n) is 1.28. The monoisotopic (exact) mass is 480 g/mol. The van der Waals surface area contributed by atoms with Crippen LogP contribution in [-0.2, 0) is 9.47 Å². The van der Waals surface area contributed by atoms with Crippen molar-refractivity contribution in [2.75, 3.05) is 63.0 Å². The van der Waals surface area contributed by atoms with Crippen molar-refractivity contribution >= 4 is 48.8 Å². The maximum atomic E-state index is 8.71. The number of aliphatic hydroxyl groups excluding tert-OH is 2. The average Bonchev–Trinajstić information content (AvgIpc) is 3.41. The van der Waals surface area contributed by atoms with E-state index < -0.39 is 0 Å². The summed E-state index contributed by atoms with van der Waals surface area (Å²) in [5.74, 6) is 1.88. The summed E-state index contributed by atoms with van der Waals surface area (Å²) in [7, 11) is 0. The lowest BCUT2D eigenvalue weighted by atomic mass is 9.92. The molecule has 0 amide bonds. The summed E-state index contributed by atoms with van der Waals surface area (Å²) in [5, 5.41) is 17.2. The second-order valence-corrected chi connectivity index (χ2v) is 9.64. The van der Waals surface area contributed by atoms with Gasteiger partial charge in [-0.05, 0) is 44.3 Å². The zero-order valence-electron chi connectivity index (χ0n) is 19.8. The first kappa shape index (κ1) is 36.6. The van der Waals surface area contributed by atoms with Crippen molar-refractivity contribution in [3.05, 3.63) is 0 Å². The van der Waals surface area contributed by atoms with Gasteiger partial charge in [-0.1, -0.05) is 27.7 Å². The topological polar surface area (TPSA) is 62.2 Å². The Labute approximate surface area is 195 Å². The Bertz CT molecular complexity index is 281. The Balaban J connectivity index is -0.000000131. The van der Waals surface area contributed by atoms with Crippen molar-refractivity contribution < 1.29 is 19.7 Å². The summed E-state index contributed by atoms with van der Waals surface area (Å²) in [5.41, 5.74) is 0.611. The number of rotatable bonds is 5. The molecule has 4 nitrogen and oxygen atoms in total. The van der Waals surface area contributed by atoms with Gasteiger partial charge in [0.05, 0.1) is 32.0 Å². The van der Waals surface area contributed by atoms with Crippen molar-refractivity contribution in [2.24, 2.45) is 10.8 Å². The van der Waals surface area contributed by atoms with Gasteiger partial charge in [0.15, 0.2) is 0 Å². The highest BCUT2D eigenvalue weighted by Gasteiger charge is 2.26. The van der Waals surface area contributed by atoms with Gasteiger partial charge in [-0.25, -0.2) is 0 Å². The highest BCUT2D eigenvalue weighted by atomic mass is 32.2. The molecule has 0 saturated carbocycles. The van der Waals surface area contributed by atoms with E-state index in [1.54, 1.807) is 43.0 Å². The smallest absolute Gasteiger partial charge is 0.0781 e. The predicted octanol–water partition coefficient (Wildman–Crippen LogP) is 4.64. The van der Waals surface area contributed by atoms with E-state index in [1.165, 1.54) is 0 Å². The Kier molecular flexibility index (Phi) is 32.0. The summed E-state index contributed by atoms with van der Waals surface area (Å²) in [6.45, 7) is 15.5. The maximum absolute atomic E-state index is 8.71. The van der Waals surface area contributed by atoms with Gasteiger partial charge in [0, 0.05) is 23.5 Å². The van der Waals surface area contributed by atoms with Gasteiger partial charge in [-0.2, -0.15) is 48.8 Å².